The van der Waals surface area contributed by atoms with Crippen molar-refractivity contribution in [2.75, 3.05) is 26.7 Å². The Morgan fingerprint density at radius 3 is 2.71 bits per heavy atom. The molecular weight excluding hydrogens is 274 g/mol. The van der Waals surface area contributed by atoms with Crippen LogP contribution in [0.4, 0.5) is 8.78 Å². The second kappa shape index (κ2) is 7.50. The van der Waals surface area contributed by atoms with Gasteiger partial charge in [0.15, 0.2) is 0 Å². The van der Waals surface area contributed by atoms with Gasteiger partial charge in [0.05, 0.1) is 0 Å². The van der Waals surface area contributed by atoms with Crippen LogP contribution in [0.1, 0.15) is 24.8 Å². The Balaban J connectivity index is 1.81. The highest BCUT2D eigenvalue weighted by atomic mass is 19.1. The van der Waals surface area contributed by atoms with E-state index in [2.05, 4.69) is 5.32 Å². The molecule has 1 aromatic rings. The van der Waals surface area contributed by atoms with Gasteiger partial charge in [-0.25, -0.2) is 8.78 Å². The van der Waals surface area contributed by atoms with E-state index < -0.39 is 11.6 Å². The van der Waals surface area contributed by atoms with E-state index in [0.717, 1.165) is 44.6 Å². The molecule has 1 aromatic carbocycles. The molecule has 3 nitrogen and oxygen atoms in total. The summed E-state index contributed by atoms with van der Waals surface area (Å²) in [7, 11) is 1.94. The van der Waals surface area contributed by atoms with E-state index in [1.165, 1.54) is 6.07 Å². The summed E-state index contributed by atoms with van der Waals surface area (Å²) in [5.74, 6) is -0.259. The molecule has 0 atom stereocenters. The fourth-order valence-corrected chi connectivity index (χ4v) is 2.81. The number of amides is 1. The third-order valence-electron chi connectivity index (χ3n) is 4.08. The summed E-state index contributed by atoms with van der Waals surface area (Å²) in [5.41, 5.74) is 0.272. The number of rotatable bonds is 5. The smallest absolute Gasteiger partial charge is 0.222 e. The fraction of sp³-hybridized carbons (Fsp3) is 0.562. The molecule has 2 rings (SSSR count). The van der Waals surface area contributed by atoms with Crippen molar-refractivity contribution in [1.82, 2.24) is 10.2 Å². The summed E-state index contributed by atoms with van der Waals surface area (Å²) in [4.78, 5) is 14.0. The number of hydrogen-bond donors (Lipinski definition) is 1. The van der Waals surface area contributed by atoms with Gasteiger partial charge in [-0.15, -0.1) is 0 Å². The van der Waals surface area contributed by atoms with Gasteiger partial charge in [0.2, 0.25) is 5.91 Å². The van der Waals surface area contributed by atoms with Gasteiger partial charge < -0.3 is 10.2 Å². The Hall–Kier alpha value is -1.49. The SMILES string of the molecule is CNCC1CCN(C(=O)CCc2cc(F)ccc2F)CC1. The Labute approximate surface area is 124 Å². The number of likely N-dealkylation sites (tertiary alicyclic amines) is 1. The zero-order valence-electron chi connectivity index (χ0n) is 12.4. The summed E-state index contributed by atoms with van der Waals surface area (Å²) in [6, 6.07) is 3.37. The lowest BCUT2D eigenvalue weighted by Gasteiger charge is -2.32. The molecule has 0 aromatic heterocycles. The van der Waals surface area contributed by atoms with Crippen LogP contribution in [-0.4, -0.2) is 37.5 Å². The predicted molar refractivity (Wildman–Crippen MR) is 77.9 cm³/mol. The maximum atomic E-state index is 13.5. The normalized spacial score (nSPS) is 16.2. The van der Waals surface area contributed by atoms with E-state index in [9.17, 15) is 13.6 Å². The summed E-state index contributed by atoms with van der Waals surface area (Å²) in [6.07, 6.45) is 2.48. The number of hydrogen-bond acceptors (Lipinski definition) is 2. The molecule has 0 bridgehead atoms. The second-order valence-electron chi connectivity index (χ2n) is 5.62. The third-order valence-corrected chi connectivity index (χ3v) is 4.08. The van der Waals surface area contributed by atoms with Crippen LogP contribution in [0, 0.1) is 17.6 Å². The zero-order valence-corrected chi connectivity index (χ0v) is 12.4. The molecule has 21 heavy (non-hydrogen) atoms. The molecule has 1 fully saturated rings. The van der Waals surface area contributed by atoms with Crippen molar-refractivity contribution in [2.24, 2.45) is 5.92 Å². The molecule has 0 spiro atoms. The van der Waals surface area contributed by atoms with Crippen LogP contribution in [0.3, 0.4) is 0 Å². The lowest BCUT2D eigenvalue weighted by Crippen LogP contribution is -2.40. The van der Waals surface area contributed by atoms with Gasteiger partial charge in [0.25, 0.3) is 0 Å². The van der Waals surface area contributed by atoms with E-state index in [0.29, 0.717) is 5.92 Å². The molecule has 0 unspecified atom stereocenters. The largest absolute Gasteiger partial charge is 0.343 e. The number of aryl methyl sites for hydroxylation is 1. The van der Waals surface area contributed by atoms with Crippen molar-refractivity contribution in [2.45, 2.75) is 25.7 Å². The Morgan fingerprint density at radius 2 is 2.05 bits per heavy atom. The summed E-state index contributed by atoms with van der Waals surface area (Å²) in [5, 5.41) is 3.16. The first-order valence-electron chi connectivity index (χ1n) is 7.46. The van der Waals surface area contributed by atoms with Crippen molar-refractivity contribution in [3.8, 4) is 0 Å². The molecule has 0 radical (unpaired) electrons. The topological polar surface area (TPSA) is 32.3 Å². The average molecular weight is 296 g/mol. The zero-order chi connectivity index (χ0) is 15.2. The number of benzene rings is 1. The lowest BCUT2D eigenvalue weighted by molar-refractivity contribution is -0.132. The monoisotopic (exact) mass is 296 g/mol. The first kappa shape index (κ1) is 15.9. The van der Waals surface area contributed by atoms with Crippen molar-refractivity contribution in [3.05, 3.63) is 35.4 Å². The van der Waals surface area contributed by atoms with Gasteiger partial charge in [-0.3, -0.25) is 4.79 Å². The van der Waals surface area contributed by atoms with E-state index in [4.69, 9.17) is 0 Å². The van der Waals surface area contributed by atoms with Crippen LogP contribution in [0.5, 0.6) is 0 Å². The maximum absolute atomic E-state index is 13.5. The molecule has 1 saturated heterocycles. The minimum atomic E-state index is -0.466. The predicted octanol–water partition coefficient (Wildman–Crippen LogP) is 2.36. The van der Waals surface area contributed by atoms with Crippen molar-refractivity contribution in [3.63, 3.8) is 0 Å². The van der Waals surface area contributed by atoms with Crippen molar-refractivity contribution < 1.29 is 13.6 Å². The Bertz CT molecular complexity index is 485. The van der Waals surface area contributed by atoms with Gasteiger partial charge in [-0.1, -0.05) is 0 Å². The number of nitrogens with one attached hydrogen (secondary N) is 1. The minimum Gasteiger partial charge on any atom is -0.343 e. The fourth-order valence-electron chi connectivity index (χ4n) is 2.81. The Morgan fingerprint density at radius 1 is 1.33 bits per heavy atom. The molecule has 1 aliphatic heterocycles. The van der Waals surface area contributed by atoms with Crippen LogP contribution in [0.2, 0.25) is 0 Å². The molecule has 1 N–H and O–H groups in total. The molecule has 1 heterocycles. The van der Waals surface area contributed by atoms with Gasteiger partial charge in [-0.05, 0) is 62.5 Å². The first-order valence-corrected chi connectivity index (χ1v) is 7.46. The maximum Gasteiger partial charge on any atom is 0.222 e. The van der Waals surface area contributed by atoms with Gasteiger partial charge in [-0.2, -0.15) is 0 Å². The molecule has 1 amide bonds. The van der Waals surface area contributed by atoms with Crippen LogP contribution in [-0.2, 0) is 11.2 Å². The number of carbonyl (C=O) groups excluding carboxylic acids is 1. The van der Waals surface area contributed by atoms with E-state index in [1.807, 2.05) is 11.9 Å². The van der Waals surface area contributed by atoms with Crippen LogP contribution < -0.4 is 5.32 Å². The molecule has 5 heteroatoms. The minimum absolute atomic E-state index is 0.0292. The van der Waals surface area contributed by atoms with E-state index in [1.54, 1.807) is 0 Å². The summed E-state index contributed by atoms with van der Waals surface area (Å²) < 4.78 is 26.6. The van der Waals surface area contributed by atoms with Crippen molar-refractivity contribution >= 4 is 5.91 Å². The highest BCUT2D eigenvalue weighted by Crippen LogP contribution is 2.18. The average Bonchev–Trinajstić information content (AvgIpc) is 2.49. The molecule has 0 aliphatic carbocycles. The molecule has 1 aliphatic rings. The third kappa shape index (κ3) is 4.49. The van der Waals surface area contributed by atoms with Crippen LogP contribution >= 0.6 is 0 Å². The quantitative estimate of drug-likeness (QED) is 0.904. The molecule has 116 valence electrons. The van der Waals surface area contributed by atoms with E-state index in [-0.39, 0.29) is 24.3 Å². The lowest BCUT2D eigenvalue weighted by atomic mass is 9.96. The number of nitrogens with zero attached hydrogens (tertiary/aromatic N) is 1. The van der Waals surface area contributed by atoms with Crippen molar-refractivity contribution in [1.29, 1.82) is 0 Å². The number of carbonyl (C=O) groups is 1. The highest BCUT2D eigenvalue weighted by Gasteiger charge is 2.22. The van der Waals surface area contributed by atoms with E-state index >= 15 is 0 Å². The summed E-state index contributed by atoms with van der Waals surface area (Å²) in [6.45, 7) is 2.50. The molecule has 0 saturated carbocycles. The summed E-state index contributed by atoms with van der Waals surface area (Å²) >= 11 is 0. The highest BCUT2D eigenvalue weighted by molar-refractivity contribution is 5.76. The van der Waals surface area contributed by atoms with Gasteiger partial charge in [0, 0.05) is 19.5 Å². The number of piperidine rings is 1. The second-order valence-corrected chi connectivity index (χ2v) is 5.62. The van der Waals surface area contributed by atoms with Gasteiger partial charge >= 0.3 is 0 Å². The van der Waals surface area contributed by atoms with Crippen LogP contribution in [0.15, 0.2) is 18.2 Å². The van der Waals surface area contributed by atoms with Crippen LogP contribution in [0.25, 0.3) is 0 Å². The Kier molecular flexibility index (Phi) is 5.67. The number of halogens is 2. The molecular formula is C16H22F2N2O. The standard InChI is InChI=1S/C16H22F2N2O/c1-19-11-12-6-8-20(9-7-12)16(21)5-2-13-10-14(17)3-4-15(13)18/h3-4,10,12,19H,2,5-9,11H2,1H3. The first-order chi connectivity index (χ1) is 10.1. The van der Waals surface area contributed by atoms with Gasteiger partial charge in [0.1, 0.15) is 11.6 Å².